The molecule has 0 amide bonds. The van der Waals surface area contributed by atoms with E-state index in [1.165, 1.54) is 89.5 Å². The summed E-state index contributed by atoms with van der Waals surface area (Å²) in [5.74, 6) is -0.254. The number of hydrogen-bond donors (Lipinski definition) is 0. The van der Waals surface area contributed by atoms with E-state index in [4.69, 9.17) is 4.74 Å². The molecule has 0 bridgehead atoms. The molecular formula is C20H37I3O2Si. The molecule has 26 heavy (non-hydrogen) atoms. The SMILES string of the molecule is C=C(C)C(=O)OCCCCCCCCCCCCCCCC[Si](I)(I)I. The predicted molar refractivity (Wildman–Crippen MR) is 143 cm³/mol. The maximum atomic E-state index is 11.2. The van der Waals surface area contributed by atoms with Crippen molar-refractivity contribution in [1.82, 2.24) is 0 Å². The van der Waals surface area contributed by atoms with Gasteiger partial charge in [-0.3, -0.25) is 0 Å². The van der Waals surface area contributed by atoms with Gasteiger partial charge in [-0.15, -0.1) is 0 Å². The van der Waals surface area contributed by atoms with Crippen molar-refractivity contribution >= 4 is 71.9 Å². The molecule has 0 radical (unpaired) electrons. The van der Waals surface area contributed by atoms with Crippen LogP contribution in [0.2, 0.25) is 6.04 Å². The summed E-state index contributed by atoms with van der Waals surface area (Å²) in [6, 6.07) is 1.47. The normalized spacial score (nSPS) is 11.5. The quantitative estimate of drug-likeness (QED) is 0.0354. The molecule has 0 aromatic heterocycles. The third-order valence-electron chi connectivity index (χ3n) is 4.44. The number of carbonyl (C=O) groups excluding carboxylic acids is 1. The molecule has 0 aromatic carbocycles. The largest absolute Gasteiger partial charge is 0.462 e. The molecule has 0 heterocycles. The fourth-order valence-electron chi connectivity index (χ4n) is 2.84. The number of unbranched alkanes of at least 4 members (excludes halogenated alkanes) is 13. The van der Waals surface area contributed by atoms with Gasteiger partial charge in [0.2, 0.25) is 0 Å². The molecule has 0 atom stereocenters. The Hall–Kier alpha value is 1.62. The zero-order valence-electron chi connectivity index (χ0n) is 16.5. The highest BCUT2D eigenvalue weighted by Crippen LogP contribution is 2.35. The van der Waals surface area contributed by atoms with Crippen LogP contribution < -0.4 is 0 Å². The first kappa shape index (κ1) is 27.6. The van der Waals surface area contributed by atoms with Crippen molar-refractivity contribution in [3.63, 3.8) is 0 Å². The van der Waals surface area contributed by atoms with Crippen molar-refractivity contribution < 1.29 is 9.53 Å². The average Bonchev–Trinajstić information content (AvgIpc) is 2.56. The standard InChI is InChI=1S/C20H37I3O2Si/c1-19(2)20(24)25-17-15-13-11-9-7-5-3-4-6-8-10-12-14-16-18-26(21,22)23/h1,3-18H2,2H3. The molecule has 0 saturated carbocycles. The van der Waals surface area contributed by atoms with Crippen molar-refractivity contribution in [1.29, 1.82) is 0 Å². The van der Waals surface area contributed by atoms with Crippen molar-refractivity contribution in [3.05, 3.63) is 12.2 Å². The van der Waals surface area contributed by atoms with Crippen molar-refractivity contribution in [2.45, 2.75) is 103 Å². The van der Waals surface area contributed by atoms with Crippen LogP contribution in [0.5, 0.6) is 0 Å². The second kappa shape index (κ2) is 18.6. The summed E-state index contributed by atoms with van der Waals surface area (Å²) in [4.78, 5) is 11.2. The minimum Gasteiger partial charge on any atom is -0.462 e. The van der Waals surface area contributed by atoms with Crippen LogP contribution in [0.25, 0.3) is 0 Å². The van der Waals surface area contributed by atoms with Gasteiger partial charge in [0.15, 0.2) is 0 Å². The molecule has 0 saturated heterocycles. The summed E-state index contributed by atoms with van der Waals surface area (Å²) in [5.41, 5.74) is 0.492. The number of rotatable bonds is 18. The van der Waals surface area contributed by atoms with Crippen LogP contribution in [0.15, 0.2) is 12.2 Å². The molecule has 0 unspecified atom stereocenters. The van der Waals surface area contributed by atoms with Gasteiger partial charge < -0.3 is 4.74 Å². The van der Waals surface area contributed by atoms with Gasteiger partial charge in [0, 0.05) is 5.57 Å². The number of hydrogen-bond acceptors (Lipinski definition) is 2. The third kappa shape index (κ3) is 21.9. The average molecular weight is 718 g/mol. The molecule has 0 spiro atoms. The van der Waals surface area contributed by atoms with E-state index in [9.17, 15) is 4.79 Å². The van der Waals surface area contributed by atoms with Crippen LogP contribution in [0.4, 0.5) is 0 Å². The van der Waals surface area contributed by atoms with Gasteiger partial charge >= 0.3 is 5.97 Å². The molecule has 6 heteroatoms. The van der Waals surface area contributed by atoms with E-state index >= 15 is 0 Å². The highest BCUT2D eigenvalue weighted by Gasteiger charge is 2.19. The highest BCUT2D eigenvalue weighted by atomic mass is 127. The number of ether oxygens (including phenoxy) is 1. The van der Waals surface area contributed by atoms with E-state index in [0.717, 1.165) is 6.42 Å². The highest BCUT2D eigenvalue weighted by molar-refractivity contribution is 14.4. The lowest BCUT2D eigenvalue weighted by atomic mass is 10.0. The Morgan fingerprint density at radius 2 is 1.08 bits per heavy atom. The van der Waals surface area contributed by atoms with Crippen LogP contribution in [0, 0.1) is 0 Å². The summed E-state index contributed by atoms with van der Waals surface area (Å²) in [6.07, 6.45) is 18.9. The number of esters is 1. The molecule has 0 aromatic rings. The van der Waals surface area contributed by atoms with E-state index < -0.39 is 0.564 Å². The van der Waals surface area contributed by atoms with Crippen molar-refractivity contribution in [2.75, 3.05) is 6.61 Å². The first-order valence-corrected chi connectivity index (χ1v) is 21.8. The summed E-state index contributed by atoms with van der Waals surface area (Å²) in [5, 5.41) is 0. The summed E-state index contributed by atoms with van der Waals surface area (Å²) >= 11 is 8.02. The Bertz CT molecular complexity index is 371. The Labute approximate surface area is 201 Å². The fourth-order valence-corrected chi connectivity index (χ4v) is 6.92. The fraction of sp³-hybridized carbons (Fsp3) is 0.850. The van der Waals surface area contributed by atoms with Gasteiger partial charge in [-0.2, -0.15) is 0 Å². The minimum atomic E-state index is -0.886. The maximum absolute atomic E-state index is 11.2. The van der Waals surface area contributed by atoms with Crippen LogP contribution in [-0.2, 0) is 9.53 Å². The smallest absolute Gasteiger partial charge is 0.333 e. The lowest BCUT2D eigenvalue weighted by Crippen LogP contribution is -2.05. The summed E-state index contributed by atoms with van der Waals surface area (Å²) in [7, 11) is 0. The van der Waals surface area contributed by atoms with Gasteiger partial charge in [0.25, 0.3) is 0.564 Å². The molecule has 0 rings (SSSR count). The van der Waals surface area contributed by atoms with Gasteiger partial charge in [-0.1, -0.05) is 155 Å². The molecule has 0 fully saturated rings. The Morgan fingerprint density at radius 3 is 1.42 bits per heavy atom. The topological polar surface area (TPSA) is 26.3 Å². The second-order valence-electron chi connectivity index (χ2n) is 7.23. The number of halogens is 3. The third-order valence-corrected chi connectivity index (χ3v) is 10.2. The van der Waals surface area contributed by atoms with Crippen LogP contribution in [-0.4, -0.2) is 13.1 Å². The van der Waals surface area contributed by atoms with Gasteiger partial charge in [-0.25, -0.2) is 4.79 Å². The molecule has 0 aliphatic heterocycles. The van der Waals surface area contributed by atoms with E-state index in [1.54, 1.807) is 6.92 Å². The molecule has 2 nitrogen and oxygen atoms in total. The lowest BCUT2D eigenvalue weighted by Gasteiger charge is -2.08. The molecule has 0 N–H and O–H groups in total. The van der Waals surface area contributed by atoms with Crippen LogP contribution in [0.3, 0.4) is 0 Å². The minimum absolute atomic E-state index is 0.254. The van der Waals surface area contributed by atoms with Gasteiger partial charge in [0.05, 0.1) is 6.61 Å². The number of carbonyl (C=O) groups is 1. The molecule has 154 valence electrons. The van der Waals surface area contributed by atoms with E-state index in [0.29, 0.717) is 12.2 Å². The van der Waals surface area contributed by atoms with Gasteiger partial charge in [0.1, 0.15) is 0 Å². The Kier molecular flexibility index (Phi) is 19.8. The first-order valence-electron chi connectivity index (χ1n) is 10.2. The summed E-state index contributed by atoms with van der Waals surface area (Å²) in [6.45, 7) is 5.82. The zero-order valence-corrected chi connectivity index (χ0v) is 23.9. The zero-order chi connectivity index (χ0) is 19.7. The summed E-state index contributed by atoms with van der Waals surface area (Å²) < 4.78 is 4.21. The maximum Gasteiger partial charge on any atom is 0.333 e. The first-order chi connectivity index (χ1) is 12.3. The van der Waals surface area contributed by atoms with Gasteiger partial charge in [-0.05, 0) is 19.4 Å². The molecular weight excluding hydrogens is 681 g/mol. The Morgan fingerprint density at radius 1 is 0.731 bits per heavy atom. The molecule has 0 aliphatic carbocycles. The second-order valence-corrected chi connectivity index (χ2v) is 44.1. The van der Waals surface area contributed by atoms with Crippen LogP contribution in [0.1, 0.15) is 96.8 Å². The van der Waals surface area contributed by atoms with E-state index in [2.05, 4.69) is 72.0 Å². The molecule has 0 aliphatic rings. The predicted octanol–water partition coefficient (Wildman–Crippen LogP) is 8.81. The van der Waals surface area contributed by atoms with Crippen molar-refractivity contribution in [2.24, 2.45) is 0 Å². The van der Waals surface area contributed by atoms with E-state index in [-0.39, 0.29) is 5.97 Å². The Balaban J connectivity index is 3.11. The van der Waals surface area contributed by atoms with E-state index in [1.807, 2.05) is 0 Å². The monoisotopic (exact) mass is 718 g/mol. The van der Waals surface area contributed by atoms with Crippen molar-refractivity contribution in [3.8, 4) is 0 Å². The van der Waals surface area contributed by atoms with Crippen LogP contribution >= 0.6 is 65.4 Å². The lowest BCUT2D eigenvalue weighted by molar-refractivity contribution is -0.139.